The number of halogens is 2. The number of benzene rings is 1. The Labute approximate surface area is 123 Å². The van der Waals surface area contributed by atoms with Gasteiger partial charge in [-0.15, -0.1) is 0 Å². The predicted molar refractivity (Wildman–Crippen MR) is 73.9 cm³/mol. The van der Waals surface area contributed by atoms with E-state index in [1.807, 2.05) is 0 Å². The number of carbonyl (C=O) groups excluding carboxylic acids is 2. The van der Waals surface area contributed by atoms with E-state index in [9.17, 15) is 14.0 Å². The Hall–Kier alpha value is -1.63. The summed E-state index contributed by atoms with van der Waals surface area (Å²) in [6.45, 7) is 1.99. The minimum atomic E-state index is -0.437. The van der Waals surface area contributed by atoms with Crippen molar-refractivity contribution in [2.24, 2.45) is 0 Å². The van der Waals surface area contributed by atoms with Crippen LogP contribution in [0.25, 0.3) is 0 Å². The number of rotatable bonds is 1. The largest absolute Gasteiger partial charge is 0.336 e. The molecule has 1 unspecified atom stereocenters. The van der Waals surface area contributed by atoms with E-state index in [-0.39, 0.29) is 18.0 Å². The Bertz CT molecular complexity index is 581. The van der Waals surface area contributed by atoms with Crippen LogP contribution in [0.2, 0.25) is 0 Å². The second-order valence-electron chi connectivity index (χ2n) is 4.91. The van der Waals surface area contributed by atoms with Crippen LogP contribution in [0.15, 0.2) is 22.7 Å². The number of fused-ring (bicyclic) bond motifs is 1. The molecule has 3 amide bonds. The van der Waals surface area contributed by atoms with Gasteiger partial charge in [0.1, 0.15) is 5.82 Å². The lowest BCUT2D eigenvalue weighted by atomic mass is 10.1. The van der Waals surface area contributed by atoms with Crippen molar-refractivity contribution in [1.29, 1.82) is 0 Å². The van der Waals surface area contributed by atoms with Gasteiger partial charge in [-0.1, -0.05) is 0 Å². The highest BCUT2D eigenvalue weighted by atomic mass is 79.9. The summed E-state index contributed by atoms with van der Waals surface area (Å²) in [5, 5.41) is 2.76. The van der Waals surface area contributed by atoms with E-state index in [1.165, 1.54) is 18.2 Å². The number of nitrogens with zero attached hydrogens (tertiary/aromatic N) is 2. The summed E-state index contributed by atoms with van der Waals surface area (Å²) in [7, 11) is 0. The fourth-order valence-electron chi connectivity index (χ4n) is 2.62. The first-order chi connectivity index (χ1) is 9.56. The molecule has 0 aromatic heterocycles. The molecule has 2 aliphatic heterocycles. The molecule has 0 saturated carbocycles. The summed E-state index contributed by atoms with van der Waals surface area (Å²) in [6.07, 6.45) is 0. The number of urea groups is 1. The van der Waals surface area contributed by atoms with E-state index >= 15 is 0 Å². The van der Waals surface area contributed by atoms with Crippen LogP contribution >= 0.6 is 15.9 Å². The Balaban J connectivity index is 1.78. The molecule has 106 valence electrons. The first-order valence-corrected chi connectivity index (χ1v) is 7.14. The molecule has 1 aromatic rings. The molecule has 2 saturated heterocycles. The van der Waals surface area contributed by atoms with Crippen molar-refractivity contribution in [1.82, 2.24) is 15.1 Å². The van der Waals surface area contributed by atoms with Gasteiger partial charge in [0.2, 0.25) is 0 Å². The number of nitrogens with one attached hydrogen (secondary N) is 1. The molecule has 5 nitrogen and oxygen atoms in total. The highest BCUT2D eigenvalue weighted by molar-refractivity contribution is 9.10. The average Bonchev–Trinajstić information content (AvgIpc) is 2.82. The zero-order valence-corrected chi connectivity index (χ0v) is 12.2. The summed E-state index contributed by atoms with van der Waals surface area (Å²) in [6, 6.07) is 4.00. The van der Waals surface area contributed by atoms with E-state index in [1.54, 1.807) is 9.80 Å². The lowest BCUT2D eigenvalue weighted by Crippen LogP contribution is -2.53. The molecule has 20 heavy (non-hydrogen) atoms. The molecule has 7 heteroatoms. The van der Waals surface area contributed by atoms with Crippen LogP contribution in [0.3, 0.4) is 0 Å². The Morgan fingerprint density at radius 1 is 1.40 bits per heavy atom. The highest BCUT2D eigenvalue weighted by Crippen LogP contribution is 2.22. The quantitative estimate of drug-likeness (QED) is 0.840. The highest BCUT2D eigenvalue weighted by Gasteiger charge is 2.37. The first kappa shape index (κ1) is 13.4. The molecule has 0 spiro atoms. The SMILES string of the molecule is O=C(c1cc(F)ccc1Br)N1CCN2C(=O)NCC2C1. The van der Waals surface area contributed by atoms with Gasteiger partial charge in [-0.2, -0.15) is 0 Å². The molecule has 1 atom stereocenters. The Morgan fingerprint density at radius 3 is 3.00 bits per heavy atom. The van der Waals surface area contributed by atoms with Crippen LogP contribution in [-0.4, -0.2) is 54.0 Å². The number of piperazine rings is 1. The second-order valence-corrected chi connectivity index (χ2v) is 5.76. The van der Waals surface area contributed by atoms with Gasteiger partial charge in [0.15, 0.2) is 0 Å². The zero-order chi connectivity index (χ0) is 14.3. The van der Waals surface area contributed by atoms with Gasteiger partial charge in [0, 0.05) is 30.7 Å². The molecule has 2 heterocycles. The van der Waals surface area contributed by atoms with Crippen molar-refractivity contribution in [2.45, 2.75) is 6.04 Å². The fourth-order valence-corrected chi connectivity index (χ4v) is 3.04. The number of hydrogen-bond donors (Lipinski definition) is 1. The van der Waals surface area contributed by atoms with Crippen LogP contribution in [0.4, 0.5) is 9.18 Å². The van der Waals surface area contributed by atoms with Gasteiger partial charge >= 0.3 is 6.03 Å². The third-order valence-corrected chi connectivity index (χ3v) is 4.37. The maximum atomic E-state index is 13.3. The Kier molecular flexibility index (Phi) is 3.37. The van der Waals surface area contributed by atoms with Gasteiger partial charge in [-0.05, 0) is 34.1 Å². The summed E-state index contributed by atoms with van der Waals surface area (Å²) < 4.78 is 13.9. The molecule has 3 rings (SSSR count). The zero-order valence-electron chi connectivity index (χ0n) is 10.6. The number of amides is 3. The summed E-state index contributed by atoms with van der Waals surface area (Å²) >= 11 is 3.27. The first-order valence-electron chi connectivity index (χ1n) is 6.35. The van der Waals surface area contributed by atoms with Crippen molar-refractivity contribution >= 4 is 27.9 Å². The molecule has 2 aliphatic rings. The Morgan fingerprint density at radius 2 is 2.20 bits per heavy atom. The molecular formula is C13H13BrFN3O2. The number of carbonyl (C=O) groups is 2. The lowest BCUT2D eigenvalue weighted by molar-refractivity contribution is 0.0615. The van der Waals surface area contributed by atoms with E-state index in [2.05, 4.69) is 21.2 Å². The van der Waals surface area contributed by atoms with Crippen molar-refractivity contribution in [2.75, 3.05) is 26.2 Å². The summed E-state index contributed by atoms with van der Waals surface area (Å²) in [5.41, 5.74) is 0.315. The normalized spacial score (nSPS) is 21.7. The average molecular weight is 342 g/mol. The minimum Gasteiger partial charge on any atom is -0.336 e. The van der Waals surface area contributed by atoms with Gasteiger partial charge < -0.3 is 15.1 Å². The van der Waals surface area contributed by atoms with E-state index < -0.39 is 5.82 Å². The van der Waals surface area contributed by atoms with Crippen LogP contribution in [0.5, 0.6) is 0 Å². The van der Waals surface area contributed by atoms with Crippen LogP contribution in [0.1, 0.15) is 10.4 Å². The fraction of sp³-hybridized carbons (Fsp3) is 0.385. The monoisotopic (exact) mass is 341 g/mol. The van der Waals surface area contributed by atoms with Gasteiger partial charge in [0.05, 0.1) is 11.6 Å². The minimum absolute atomic E-state index is 0.00698. The summed E-state index contributed by atoms with van der Waals surface area (Å²) in [5.74, 6) is -0.650. The topological polar surface area (TPSA) is 52.7 Å². The van der Waals surface area contributed by atoms with Crippen molar-refractivity contribution in [3.05, 3.63) is 34.1 Å². The van der Waals surface area contributed by atoms with Crippen molar-refractivity contribution < 1.29 is 14.0 Å². The van der Waals surface area contributed by atoms with Crippen LogP contribution < -0.4 is 5.32 Å². The second kappa shape index (κ2) is 5.05. The molecule has 0 radical (unpaired) electrons. The van der Waals surface area contributed by atoms with Gasteiger partial charge in [0.25, 0.3) is 5.91 Å². The smallest absolute Gasteiger partial charge is 0.317 e. The van der Waals surface area contributed by atoms with E-state index in [0.29, 0.717) is 36.2 Å². The van der Waals surface area contributed by atoms with Gasteiger partial charge in [-0.25, -0.2) is 9.18 Å². The molecule has 1 N–H and O–H groups in total. The van der Waals surface area contributed by atoms with Crippen LogP contribution in [0, 0.1) is 5.82 Å². The lowest BCUT2D eigenvalue weighted by Gasteiger charge is -2.36. The third kappa shape index (κ3) is 2.26. The maximum absolute atomic E-state index is 13.3. The van der Waals surface area contributed by atoms with Crippen molar-refractivity contribution in [3.8, 4) is 0 Å². The van der Waals surface area contributed by atoms with Crippen LogP contribution in [-0.2, 0) is 0 Å². The van der Waals surface area contributed by atoms with Gasteiger partial charge in [-0.3, -0.25) is 4.79 Å². The summed E-state index contributed by atoms with van der Waals surface area (Å²) in [4.78, 5) is 27.4. The predicted octanol–water partition coefficient (Wildman–Crippen LogP) is 1.44. The van der Waals surface area contributed by atoms with Crippen molar-refractivity contribution in [3.63, 3.8) is 0 Å². The maximum Gasteiger partial charge on any atom is 0.317 e. The van der Waals surface area contributed by atoms with E-state index in [0.717, 1.165) is 0 Å². The molecular weight excluding hydrogens is 329 g/mol. The molecule has 0 aliphatic carbocycles. The molecule has 1 aromatic carbocycles. The third-order valence-electron chi connectivity index (χ3n) is 3.68. The number of hydrogen-bond acceptors (Lipinski definition) is 2. The standard InChI is InChI=1S/C13H13BrFN3O2/c14-11-2-1-8(15)5-10(11)12(19)17-3-4-18-9(7-17)6-16-13(18)20/h1-2,5,9H,3-4,6-7H2,(H,16,20). The molecule has 0 bridgehead atoms. The molecule has 2 fully saturated rings. The van der Waals surface area contributed by atoms with E-state index in [4.69, 9.17) is 0 Å².